The lowest BCUT2D eigenvalue weighted by Crippen LogP contribution is -1.94. The topological polar surface area (TPSA) is 23.0 Å². The van der Waals surface area contributed by atoms with Gasteiger partial charge in [-0.3, -0.25) is 0 Å². The van der Waals surface area contributed by atoms with E-state index >= 15 is 0 Å². The molecule has 0 unspecified atom stereocenters. The molecule has 11 rings (SSSR count). The van der Waals surface area contributed by atoms with Crippen molar-refractivity contribution in [1.82, 2.24) is 9.13 Å². The van der Waals surface area contributed by atoms with Gasteiger partial charge in [0.15, 0.2) is 0 Å². The number of fused-ring (bicyclic) bond motifs is 11. The van der Waals surface area contributed by atoms with Crippen LogP contribution in [0.4, 0.5) is 0 Å². The molecule has 0 amide bonds. The quantitative estimate of drug-likeness (QED) is 0.186. The largest absolute Gasteiger partial charge is 0.455 e. The monoisotopic (exact) mass is 650 g/mol. The maximum absolute atomic E-state index is 7.14. The van der Waals surface area contributed by atoms with E-state index in [1.165, 1.54) is 33.0 Å². The van der Waals surface area contributed by atoms with Crippen LogP contribution in [0, 0.1) is 0 Å². The Morgan fingerprint density at radius 1 is 0.294 bits per heavy atom. The van der Waals surface area contributed by atoms with Crippen molar-refractivity contribution in [2.45, 2.75) is 0 Å². The molecule has 0 atom stereocenters. The molecule has 3 heterocycles. The highest BCUT2D eigenvalue weighted by molar-refractivity contribution is 6.29. The van der Waals surface area contributed by atoms with E-state index in [0.717, 1.165) is 66.2 Å². The summed E-state index contributed by atoms with van der Waals surface area (Å²) in [6.45, 7) is 0. The van der Waals surface area contributed by atoms with E-state index in [4.69, 9.17) is 4.42 Å². The van der Waals surface area contributed by atoms with Gasteiger partial charge in [-0.2, -0.15) is 0 Å². The third kappa shape index (κ3) is 4.12. The first-order valence-electron chi connectivity index (χ1n) is 17.4. The van der Waals surface area contributed by atoms with Crippen LogP contribution in [0.5, 0.6) is 0 Å². The molecular weight excluding hydrogens is 621 g/mol. The van der Waals surface area contributed by atoms with Gasteiger partial charge in [0.1, 0.15) is 11.2 Å². The predicted molar refractivity (Wildman–Crippen MR) is 213 cm³/mol. The normalized spacial score (nSPS) is 11.9. The van der Waals surface area contributed by atoms with Gasteiger partial charge in [0, 0.05) is 32.9 Å². The van der Waals surface area contributed by atoms with Crippen molar-refractivity contribution in [3.8, 4) is 33.6 Å². The molecule has 238 valence electrons. The zero-order valence-electron chi connectivity index (χ0n) is 27.6. The lowest BCUT2D eigenvalue weighted by Gasteiger charge is -2.10. The molecule has 3 aromatic heterocycles. The zero-order valence-corrected chi connectivity index (χ0v) is 27.6. The zero-order chi connectivity index (χ0) is 33.5. The van der Waals surface area contributed by atoms with Crippen molar-refractivity contribution < 1.29 is 4.42 Å². The third-order valence-corrected chi connectivity index (χ3v) is 10.5. The molecule has 0 saturated heterocycles. The summed E-state index contributed by atoms with van der Waals surface area (Å²) in [5.41, 5.74) is 13.5. The van der Waals surface area contributed by atoms with Crippen LogP contribution in [0.25, 0.3) is 99.2 Å². The first-order chi connectivity index (χ1) is 25.3. The van der Waals surface area contributed by atoms with Gasteiger partial charge in [0.05, 0.1) is 32.8 Å². The minimum absolute atomic E-state index is 0.924. The van der Waals surface area contributed by atoms with Crippen LogP contribution in [0.15, 0.2) is 186 Å². The van der Waals surface area contributed by atoms with Crippen LogP contribution in [0.1, 0.15) is 0 Å². The Morgan fingerprint density at radius 2 is 0.765 bits per heavy atom. The fraction of sp³-hybridized carbons (Fsp3) is 0. The van der Waals surface area contributed by atoms with E-state index in [1.54, 1.807) is 0 Å². The van der Waals surface area contributed by atoms with Crippen LogP contribution in [0.2, 0.25) is 0 Å². The third-order valence-electron chi connectivity index (χ3n) is 10.5. The number of para-hydroxylation sites is 2. The molecular formula is C48H30N2O. The smallest absolute Gasteiger partial charge is 0.145 e. The first kappa shape index (κ1) is 28.0. The summed E-state index contributed by atoms with van der Waals surface area (Å²) < 4.78 is 11.9. The van der Waals surface area contributed by atoms with Crippen LogP contribution in [-0.4, -0.2) is 9.13 Å². The van der Waals surface area contributed by atoms with E-state index < -0.39 is 0 Å². The number of nitrogens with zero attached hydrogens (tertiary/aromatic N) is 2. The Balaban J connectivity index is 1.16. The Labute approximate surface area is 293 Å². The molecule has 0 aliphatic rings. The summed E-state index contributed by atoms with van der Waals surface area (Å²) in [6, 6.07) is 65.2. The summed E-state index contributed by atoms with van der Waals surface area (Å²) in [5.74, 6) is 0. The van der Waals surface area contributed by atoms with Gasteiger partial charge in [-0.05, 0) is 82.9 Å². The number of hydrogen-bond acceptors (Lipinski definition) is 1. The molecule has 0 aliphatic heterocycles. The molecule has 3 heteroatoms. The molecule has 0 aliphatic carbocycles. The molecule has 8 aromatic carbocycles. The molecule has 3 nitrogen and oxygen atoms in total. The SMILES string of the molecule is c1ccc(-c2ccc(-n3c4ccccc4c4c5oc6c(ccc7c6c6ccccc6n7-c6cccc(-c7ccccc7)c6)c5ccc43)cc2)cc1. The summed E-state index contributed by atoms with van der Waals surface area (Å²) in [5, 5.41) is 6.89. The van der Waals surface area contributed by atoms with Crippen molar-refractivity contribution >= 4 is 65.6 Å². The van der Waals surface area contributed by atoms with Gasteiger partial charge in [0.25, 0.3) is 0 Å². The molecule has 0 spiro atoms. The number of furan rings is 1. The standard InChI is InChI=1S/C48H30N2O/c1-3-12-31(13-4-1)33-22-24-35(25-23-33)49-41-20-9-7-18-39(41)45-43(49)28-26-37-38-27-29-44-46(48(38)51-47(37)45)40-19-8-10-21-42(40)50(44)36-17-11-16-34(30-36)32-14-5-2-6-15-32/h1-30H. The Kier molecular flexibility index (Phi) is 5.96. The highest BCUT2D eigenvalue weighted by atomic mass is 16.3. The first-order valence-corrected chi connectivity index (χ1v) is 17.4. The lowest BCUT2D eigenvalue weighted by molar-refractivity contribution is 0.677. The number of benzene rings is 8. The molecule has 0 bridgehead atoms. The van der Waals surface area contributed by atoms with Crippen molar-refractivity contribution in [3.63, 3.8) is 0 Å². The van der Waals surface area contributed by atoms with E-state index in [1.807, 2.05) is 0 Å². The molecule has 51 heavy (non-hydrogen) atoms. The highest BCUT2D eigenvalue weighted by Crippen LogP contribution is 2.45. The highest BCUT2D eigenvalue weighted by Gasteiger charge is 2.22. The minimum atomic E-state index is 0.924. The minimum Gasteiger partial charge on any atom is -0.455 e. The number of hydrogen-bond donors (Lipinski definition) is 0. The molecule has 11 aromatic rings. The summed E-state index contributed by atoms with van der Waals surface area (Å²) in [4.78, 5) is 0. The summed E-state index contributed by atoms with van der Waals surface area (Å²) in [7, 11) is 0. The van der Waals surface area contributed by atoms with Crippen molar-refractivity contribution in [3.05, 3.63) is 182 Å². The average Bonchev–Trinajstić information content (AvgIpc) is 3.86. The van der Waals surface area contributed by atoms with E-state index in [9.17, 15) is 0 Å². The van der Waals surface area contributed by atoms with Gasteiger partial charge in [-0.25, -0.2) is 0 Å². The van der Waals surface area contributed by atoms with Gasteiger partial charge >= 0.3 is 0 Å². The fourth-order valence-electron chi connectivity index (χ4n) is 8.24. The molecule has 0 radical (unpaired) electrons. The van der Waals surface area contributed by atoms with Crippen LogP contribution < -0.4 is 0 Å². The second kappa shape index (κ2) is 10.8. The Hall–Kier alpha value is -6.84. The van der Waals surface area contributed by atoms with Gasteiger partial charge in [-0.15, -0.1) is 0 Å². The van der Waals surface area contributed by atoms with Crippen LogP contribution >= 0.6 is 0 Å². The number of rotatable bonds is 4. The van der Waals surface area contributed by atoms with Crippen LogP contribution in [-0.2, 0) is 0 Å². The second-order valence-electron chi connectivity index (χ2n) is 13.3. The van der Waals surface area contributed by atoms with E-state index in [2.05, 4.69) is 191 Å². The molecule has 0 N–H and O–H groups in total. The molecule has 0 fully saturated rings. The van der Waals surface area contributed by atoms with Crippen LogP contribution in [0.3, 0.4) is 0 Å². The average molecular weight is 651 g/mol. The predicted octanol–water partition coefficient (Wildman–Crippen LogP) is 13.1. The lowest BCUT2D eigenvalue weighted by atomic mass is 10.0. The second-order valence-corrected chi connectivity index (χ2v) is 13.3. The number of aromatic nitrogens is 2. The van der Waals surface area contributed by atoms with Gasteiger partial charge in [-0.1, -0.05) is 121 Å². The Morgan fingerprint density at radius 3 is 1.35 bits per heavy atom. The van der Waals surface area contributed by atoms with Crippen molar-refractivity contribution in [2.75, 3.05) is 0 Å². The van der Waals surface area contributed by atoms with Gasteiger partial charge < -0.3 is 13.6 Å². The maximum atomic E-state index is 7.14. The Bertz CT molecular complexity index is 3110. The summed E-state index contributed by atoms with van der Waals surface area (Å²) >= 11 is 0. The summed E-state index contributed by atoms with van der Waals surface area (Å²) in [6.07, 6.45) is 0. The van der Waals surface area contributed by atoms with Crippen molar-refractivity contribution in [1.29, 1.82) is 0 Å². The fourth-order valence-corrected chi connectivity index (χ4v) is 8.24. The van der Waals surface area contributed by atoms with E-state index in [-0.39, 0.29) is 0 Å². The van der Waals surface area contributed by atoms with Gasteiger partial charge in [0.2, 0.25) is 0 Å². The maximum Gasteiger partial charge on any atom is 0.145 e. The van der Waals surface area contributed by atoms with E-state index in [0.29, 0.717) is 0 Å². The van der Waals surface area contributed by atoms with Crippen molar-refractivity contribution in [2.24, 2.45) is 0 Å². The molecule has 0 saturated carbocycles.